The van der Waals surface area contributed by atoms with E-state index in [9.17, 15) is 42.0 Å². The maximum absolute atomic E-state index is 13.7. The average Bonchev–Trinajstić information content (AvgIpc) is 3.66. The number of nitrogens with one attached hydrogen (secondary N) is 3. The molecule has 1 unspecified atom stereocenters. The Balaban J connectivity index is 0.00000441. The molecule has 218 valence electrons. The largest absolute Gasteiger partial charge is 1.00 e. The Morgan fingerprint density at radius 2 is 1.82 bits per heavy atom. The van der Waals surface area contributed by atoms with Crippen molar-refractivity contribution in [2.24, 2.45) is 29.1 Å². The summed E-state index contributed by atoms with van der Waals surface area (Å²) in [5.74, 6) is -3.45. The van der Waals surface area contributed by atoms with Gasteiger partial charge >= 0.3 is 29.6 Å². The number of hydrogen-bond donors (Lipinski definition) is 4. The summed E-state index contributed by atoms with van der Waals surface area (Å²) in [5, 5.41) is 18.0. The molecule has 0 aromatic carbocycles. The molecule has 0 bridgehead atoms. The van der Waals surface area contributed by atoms with E-state index in [1.807, 2.05) is 13.8 Å². The molecule has 13 nitrogen and oxygen atoms in total. The van der Waals surface area contributed by atoms with Crippen molar-refractivity contribution in [1.82, 2.24) is 20.9 Å². The topological polar surface area (TPSA) is 202 Å². The van der Waals surface area contributed by atoms with E-state index in [0.29, 0.717) is 25.8 Å². The van der Waals surface area contributed by atoms with Crippen LogP contribution >= 0.6 is 0 Å². The van der Waals surface area contributed by atoms with Gasteiger partial charge < -0.3 is 30.5 Å². The van der Waals surface area contributed by atoms with Crippen LogP contribution < -0.4 is 45.5 Å². The van der Waals surface area contributed by atoms with Crippen LogP contribution in [-0.2, 0) is 34.1 Å². The van der Waals surface area contributed by atoms with Gasteiger partial charge in [-0.1, -0.05) is 20.8 Å². The monoisotopic (exact) mass is 592 g/mol. The number of aliphatic hydroxyl groups is 1. The van der Waals surface area contributed by atoms with Crippen LogP contribution in [0, 0.1) is 29.1 Å². The van der Waals surface area contributed by atoms with Crippen LogP contribution in [0.4, 0.5) is 0 Å². The molecule has 0 aromatic rings. The van der Waals surface area contributed by atoms with Gasteiger partial charge in [0.05, 0.1) is 12.5 Å². The van der Waals surface area contributed by atoms with Crippen LogP contribution in [0.2, 0.25) is 0 Å². The third kappa shape index (κ3) is 6.89. The average molecular weight is 593 g/mol. The molecule has 4 fully saturated rings. The summed E-state index contributed by atoms with van der Waals surface area (Å²) in [5.41, 5.74) is -2.76. The van der Waals surface area contributed by atoms with Crippen LogP contribution in [-0.4, -0.2) is 89.0 Å². The van der Waals surface area contributed by atoms with Crippen LogP contribution in [0.25, 0.3) is 0 Å². The number of likely N-dealkylation sites (tertiary alicyclic amines) is 1. The van der Waals surface area contributed by atoms with Crippen molar-refractivity contribution in [3.8, 4) is 0 Å². The minimum Gasteiger partial charge on any atom is -0.746 e. The summed E-state index contributed by atoms with van der Waals surface area (Å²) in [4.78, 5) is 65.0. The van der Waals surface area contributed by atoms with Crippen molar-refractivity contribution in [3.05, 3.63) is 0 Å². The fourth-order valence-electron chi connectivity index (χ4n) is 6.22. The Bertz CT molecular complexity index is 1160. The molecule has 2 saturated heterocycles. The molecule has 4 rings (SSSR count). The second-order valence-electron chi connectivity index (χ2n) is 11.9. The standard InChI is InChI=1S/C25H38N4O9S.Na/c1-4-14(30)10-17(31)28-19(12-5-6-12)23(34)29-11-15-18(25(15,2)3)20(29)22(33)27-16(24(35)39(36,37)38)9-13-7-8-26-21(13)32;/h12-13,15-16,18-20,24,35H,4-11H2,1-3H3,(H,26,32)(H,27,33)(H,28,31)(H,36,37,38);/q;+1/p-1/t13-,15-,16-,18-,19-,20-,24?;/m0./s1. The smallest absolute Gasteiger partial charge is 0.746 e. The Morgan fingerprint density at radius 1 is 1.18 bits per heavy atom. The van der Waals surface area contributed by atoms with Gasteiger partial charge in [-0.2, -0.15) is 0 Å². The van der Waals surface area contributed by atoms with Crippen LogP contribution in [0.1, 0.15) is 59.3 Å². The Morgan fingerprint density at radius 3 is 2.35 bits per heavy atom. The number of fused-ring (bicyclic) bond motifs is 1. The Kier molecular flexibility index (Phi) is 10.2. The quantitative estimate of drug-likeness (QED) is 0.0981. The number of aliphatic hydroxyl groups excluding tert-OH is 1. The van der Waals surface area contributed by atoms with Crippen molar-refractivity contribution in [3.63, 3.8) is 0 Å². The van der Waals surface area contributed by atoms with Gasteiger partial charge in [-0.15, -0.1) is 0 Å². The maximum Gasteiger partial charge on any atom is 1.00 e. The van der Waals surface area contributed by atoms with Crippen LogP contribution in [0.3, 0.4) is 0 Å². The second kappa shape index (κ2) is 12.3. The van der Waals surface area contributed by atoms with Crippen molar-refractivity contribution in [2.45, 2.75) is 82.9 Å². The molecule has 40 heavy (non-hydrogen) atoms. The van der Waals surface area contributed by atoms with E-state index < -0.39 is 57.3 Å². The summed E-state index contributed by atoms with van der Waals surface area (Å²) in [6.07, 6.45) is 1.36. The predicted octanol–water partition coefficient (Wildman–Crippen LogP) is -4.39. The number of carbonyl (C=O) groups is 5. The van der Waals surface area contributed by atoms with Gasteiger partial charge in [0.15, 0.2) is 5.44 Å². The summed E-state index contributed by atoms with van der Waals surface area (Å²) >= 11 is 0. The molecule has 0 spiro atoms. The third-order valence-corrected chi connectivity index (χ3v) is 9.78. The number of Topliss-reactive ketones (excluding diaryl/α,β-unsaturated/α-hetero) is 1. The number of amides is 4. The van der Waals surface area contributed by atoms with E-state index in [1.165, 1.54) is 4.90 Å². The van der Waals surface area contributed by atoms with Crippen molar-refractivity contribution < 1.29 is 71.6 Å². The van der Waals surface area contributed by atoms with E-state index in [1.54, 1.807) is 6.92 Å². The zero-order valence-electron chi connectivity index (χ0n) is 23.3. The third-order valence-electron chi connectivity index (χ3n) is 8.86. The molecule has 2 aliphatic heterocycles. The minimum absolute atomic E-state index is 0. The molecule has 15 heteroatoms. The Hall–Kier alpha value is -1.58. The molecule has 0 radical (unpaired) electrons. The number of ketones is 1. The molecule has 4 aliphatic rings. The molecular formula is C25H37N4NaO9S. The van der Waals surface area contributed by atoms with E-state index in [-0.39, 0.29) is 90.2 Å². The summed E-state index contributed by atoms with van der Waals surface area (Å²) in [7, 11) is -5.22. The number of piperidine rings is 1. The van der Waals surface area contributed by atoms with Gasteiger partial charge in [-0.3, -0.25) is 24.0 Å². The number of rotatable bonds is 12. The van der Waals surface area contributed by atoms with Crippen LogP contribution in [0.5, 0.6) is 0 Å². The fourth-order valence-corrected chi connectivity index (χ4v) is 6.81. The number of nitrogens with zero attached hydrogens (tertiary/aromatic N) is 1. The van der Waals surface area contributed by atoms with Gasteiger partial charge in [0.1, 0.15) is 28.0 Å². The van der Waals surface area contributed by atoms with Crippen molar-refractivity contribution in [2.75, 3.05) is 13.1 Å². The first-order valence-corrected chi connectivity index (χ1v) is 15.0. The van der Waals surface area contributed by atoms with E-state index in [2.05, 4.69) is 16.0 Å². The van der Waals surface area contributed by atoms with Gasteiger partial charge in [0.2, 0.25) is 23.6 Å². The van der Waals surface area contributed by atoms with E-state index in [0.717, 1.165) is 0 Å². The number of hydrogen-bond acceptors (Lipinski definition) is 9. The van der Waals surface area contributed by atoms with Gasteiger partial charge in [-0.25, -0.2) is 8.42 Å². The molecule has 2 aliphatic carbocycles. The van der Waals surface area contributed by atoms with Gasteiger partial charge in [0, 0.05) is 25.4 Å². The normalized spacial score (nSPS) is 28.8. The number of carbonyl (C=O) groups excluding carboxylic acids is 5. The molecule has 4 N–H and O–H groups in total. The predicted molar refractivity (Wildman–Crippen MR) is 134 cm³/mol. The van der Waals surface area contributed by atoms with Gasteiger partial charge in [-0.05, 0) is 48.9 Å². The van der Waals surface area contributed by atoms with E-state index >= 15 is 0 Å². The first-order chi connectivity index (χ1) is 18.2. The van der Waals surface area contributed by atoms with Crippen molar-refractivity contribution in [1.29, 1.82) is 0 Å². The summed E-state index contributed by atoms with van der Waals surface area (Å²) < 4.78 is 35.0. The molecule has 4 amide bonds. The summed E-state index contributed by atoms with van der Waals surface area (Å²) in [6, 6.07) is -3.47. The Labute approximate surface area is 256 Å². The van der Waals surface area contributed by atoms with Crippen LogP contribution in [0.15, 0.2) is 0 Å². The van der Waals surface area contributed by atoms with Gasteiger partial charge in [0.25, 0.3) is 0 Å². The SMILES string of the molecule is CCC(=O)CC(=O)N[C@H](C(=O)N1C[C@H]2[C@@H]([C@H]1C(=O)N[C@@H](C[C@@H]1CCNC1=O)C(O)S(=O)(=O)[O-])C2(C)C)C1CC1.[Na+]. The fraction of sp³-hybridized carbons (Fsp3) is 0.800. The molecule has 0 aromatic heterocycles. The molecular weight excluding hydrogens is 555 g/mol. The molecule has 7 atom stereocenters. The zero-order chi connectivity index (χ0) is 28.9. The zero-order valence-corrected chi connectivity index (χ0v) is 26.2. The minimum atomic E-state index is -5.22. The maximum atomic E-state index is 13.7. The second-order valence-corrected chi connectivity index (χ2v) is 13.3. The molecule has 2 heterocycles. The first-order valence-electron chi connectivity index (χ1n) is 13.5. The molecule has 2 saturated carbocycles. The summed E-state index contributed by atoms with van der Waals surface area (Å²) in [6.45, 7) is 6.16. The van der Waals surface area contributed by atoms with E-state index in [4.69, 9.17) is 0 Å². The van der Waals surface area contributed by atoms with Crippen molar-refractivity contribution >= 4 is 39.5 Å². The first kappa shape index (κ1) is 32.9.